The standard InChI is InChI=1S/C29H48O3/c1-7-20(18(2)3)9-8-19(4)23-10-11-24-22-16-26(31)29(32)17-21(30)12-15-28(29,6)25(22)13-14-27(23,24)5/h16,18-21,23-25,30,32H,7-15,17H2,1-6H3. The lowest BCUT2D eigenvalue weighted by molar-refractivity contribution is -0.180. The van der Waals surface area contributed by atoms with E-state index in [-0.39, 0.29) is 23.5 Å². The fraction of sp³-hybridized carbons (Fsp3) is 0.897. The molecule has 3 heteroatoms. The molecule has 32 heavy (non-hydrogen) atoms. The zero-order chi connectivity index (χ0) is 23.5. The SMILES string of the molecule is CCC(CCC(C)C1CCC2C3=CC(=O)C4(O)CC(O)CCC4(C)C3CCC21C)C(C)C. The minimum Gasteiger partial charge on any atom is -0.393 e. The van der Waals surface area contributed by atoms with Gasteiger partial charge in [-0.05, 0) is 91.9 Å². The van der Waals surface area contributed by atoms with Gasteiger partial charge in [-0.1, -0.05) is 60.0 Å². The second-order valence-electron chi connectivity index (χ2n) is 13.0. The molecule has 0 bridgehead atoms. The zero-order valence-electron chi connectivity index (χ0n) is 21.5. The Labute approximate surface area is 196 Å². The van der Waals surface area contributed by atoms with Crippen molar-refractivity contribution >= 4 is 5.78 Å². The number of hydrogen-bond acceptors (Lipinski definition) is 3. The summed E-state index contributed by atoms with van der Waals surface area (Å²) in [5, 5.41) is 21.7. The number of ketones is 1. The predicted molar refractivity (Wildman–Crippen MR) is 130 cm³/mol. The first kappa shape index (κ1) is 24.5. The monoisotopic (exact) mass is 444 g/mol. The Morgan fingerprint density at radius 2 is 1.75 bits per heavy atom. The van der Waals surface area contributed by atoms with E-state index >= 15 is 0 Å². The van der Waals surface area contributed by atoms with E-state index in [4.69, 9.17) is 0 Å². The summed E-state index contributed by atoms with van der Waals surface area (Å²) in [7, 11) is 0. The molecular formula is C29H48O3. The van der Waals surface area contributed by atoms with E-state index in [2.05, 4.69) is 41.5 Å². The van der Waals surface area contributed by atoms with Gasteiger partial charge in [-0.3, -0.25) is 4.79 Å². The highest BCUT2D eigenvalue weighted by Crippen LogP contribution is 2.67. The Bertz CT molecular complexity index is 756. The molecule has 2 N–H and O–H groups in total. The Hall–Kier alpha value is -0.670. The van der Waals surface area contributed by atoms with E-state index in [9.17, 15) is 15.0 Å². The molecule has 4 rings (SSSR count). The van der Waals surface area contributed by atoms with Gasteiger partial charge in [0.1, 0.15) is 5.60 Å². The molecule has 0 aromatic carbocycles. The molecule has 3 fully saturated rings. The van der Waals surface area contributed by atoms with Crippen molar-refractivity contribution in [1.29, 1.82) is 0 Å². The Morgan fingerprint density at radius 3 is 2.41 bits per heavy atom. The van der Waals surface area contributed by atoms with Crippen molar-refractivity contribution in [3.8, 4) is 0 Å². The summed E-state index contributed by atoms with van der Waals surface area (Å²) >= 11 is 0. The average Bonchev–Trinajstić information content (AvgIpc) is 3.08. The van der Waals surface area contributed by atoms with Crippen molar-refractivity contribution in [1.82, 2.24) is 0 Å². The van der Waals surface area contributed by atoms with Crippen molar-refractivity contribution in [3.63, 3.8) is 0 Å². The topological polar surface area (TPSA) is 57.5 Å². The third kappa shape index (κ3) is 3.56. The van der Waals surface area contributed by atoms with Crippen molar-refractivity contribution in [2.75, 3.05) is 0 Å². The van der Waals surface area contributed by atoms with Crippen LogP contribution in [0.4, 0.5) is 0 Å². The number of fused-ring (bicyclic) bond motifs is 5. The highest BCUT2D eigenvalue weighted by Gasteiger charge is 2.65. The van der Waals surface area contributed by atoms with Crippen molar-refractivity contribution in [2.45, 2.75) is 117 Å². The minimum atomic E-state index is -1.39. The van der Waals surface area contributed by atoms with E-state index in [1.807, 2.05) is 6.08 Å². The van der Waals surface area contributed by atoms with Crippen LogP contribution in [0.5, 0.6) is 0 Å². The summed E-state index contributed by atoms with van der Waals surface area (Å²) in [6.07, 6.45) is 11.6. The van der Waals surface area contributed by atoms with E-state index in [0.29, 0.717) is 12.3 Å². The van der Waals surface area contributed by atoms with Gasteiger partial charge >= 0.3 is 0 Å². The molecule has 182 valence electrons. The maximum absolute atomic E-state index is 13.3. The number of carbonyl (C=O) groups is 1. The molecule has 3 saturated carbocycles. The first-order valence-corrected chi connectivity index (χ1v) is 13.6. The normalized spacial score (nSPS) is 45.7. The molecule has 0 heterocycles. The second kappa shape index (κ2) is 8.52. The molecule has 0 aromatic heterocycles. The lowest BCUT2D eigenvalue weighted by atomic mass is 9.46. The summed E-state index contributed by atoms with van der Waals surface area (Å²) in [5.41, 5.74) is -0.175. The zero-order valence-corrected chi connectivity index (χ0v) is 21.5. The fourth-order valence-corrected chi connectivity index (χ4v) is 9.01. The molecule has 9 unspecified atom stereocenters. The third-order valence-electron chi connectivity index (χ3n) is 11.3. The molecule has 0 amide bonds. The van der Waals surface area contributed by atoms with Crippen LogP contribution < -0.4 is 0 Å². The van der Waals surface area contributed by atoms with Crippen LogP contribution in [-0.2, 0) is 4.79 Å². The maximum atomic E-state index is 13.3. The van der Waals surface area contributed by atoms with Crippen LogP contribution in [-0.4, -0.2) is 27.7 Å². The minimum absolute atomic E-state index is 0.131. The Kier molecular flexibility index (Phi) is 6.51. The van der Waals surface area contributed by atoms with Gasteiger partial charge in [0.15, 0.2) is 5.78 Å². The quantitative estimate of drug-likeness (QED) is 0.504. The molecule has 4 aliphatic carbocycles. The summed E-state index contributed by atoms with van der Waals surface area (Å²) < 4.78 is 0. The van der Waals surface area contributed by atoms with Crippen molar-refractivity contribution in [2.24, 2.45) is 46.3 Å². The number of allylic oxidation sites excluding steroid dienone is 1. The maximum Gasteiger partial charge on any atom is 0.187 e. The van der Waals surface area contributed by atoms with E-state index in [1.54, 1.807) is 0 Å². The highest BCUT2D eigenvalue weighted by atomic mass is 16.3. The molecule has 0 radical (unpaired) electrons. The summed E-state index contributed by atoms with van der Waals surface area (Å²) in [5.74, 6) is 3.70. The summed E-state index contributed by atoms with van der Waals surface area (Å²) in [4.78, 5) is 13.3. The Morgan fingerprint density at radius 1 is 1.03 bits per heavy atom. The van der Waals surface area contributed by atoms with Gasteiger partial charge in [0.25, 0.3) is 0 Å². The highest BCUT2D eigenvalue weighted by molar-refractivity contribution is 5.99. The smallest absolute Gasteiger partial charge is 0.187 e. The number of rotatable bonds is 6. The average molecular weight is 445 g/mol. The predicted octanol–water partition coefficient (Wildman–Crippen LogP) is 6.32. The van der Waals surface area contributed by atoms with Crippen LogP contribution >= 0.6 is 0 Å². The molecule has 3 nitrogen and oxygen atoms in total. The van der Waals surface area contributed by atoms with Crippen LogP contribution in [0.15, 0.2) is 11.6 Å². The Balaban J connectivity index is 1.56. The van der Waals surface area contributed by atoms with Gasteiger partial charge in [-0.2, -0.15) is 0 Å². The number of aliphatic hydroxyl groups excluding tert-OH is 1. The van der Waals surface area contributed by atoms with Gasteiger partial charge in [0.05, 0.1) is 6.10 Å². The van der Waals surface area contributed by atoms with E-state index in [0.717, 1.165) is 36.5 Å². The van der Waals surface area contributed by atoms with Crippen LogP contribution in [0, 0.1) is 46.3 Å². The summed E-state index contributed by atoms with van der Waals surface area (Å²) in [6.45, 7) is 14.2. The molecule has 0 spiro atoms. The number of carbonyl (C=O) groups excluding carboxylic acids is 1. The number of aliphatic hydroxyl groups is 2. The lowest BCUT2D eigenvalue weighted by Crippen LogP contribution is -2.64. The first-order chi connectivity index (χ1) is 15.0. The molecule has 0 aliphatic heterocycles. The van der Waals surface area contributed by atoms with Crippen molar-refractivity contribution in [3.05, 3.63) is 11.6 Å². The van der Waals surface area contributed by atoms with E-state index in [1.165, 1.54) is 44.1 Å². The third-order valence-corrected chi connectivity index (χ3v) is 11.3. The molecule has 0 aromatic rings. The fourth-order valence-electron chi connectivity index (χ4n) is 9.01. The van der Waals surface area contributed by atoms with Gasteiger partial charge in [0, 0.05) is 11.8 Å². The molecule has 0 saturated heterocycles. The molecule has 4 aliphatic rings. The van der Waals surface area contributed by atoms with Crippen LogP contribution in [0.3, 0.4) is 0 Å². The van der Waals surface area contributed by atoms with Crippen LogP contribution in [0.2, 0.25) is 0 Å². The van der Waals surface area contributed by atoms with Gasteiger partial charge in [-0.25, -0.2) is 0 Å². The van der Waals surface area contributed by atoms with Gasteiger partial charge in [-0.15, -0.1) is 0 Å². The first-order valence-electron chi connectivity index (χ1n) is 13.6. The molecule has 9 atom stereocenters. The number of hydrogen-bond donors (Lipinski definition) is 2. The lowest BCUT2D eigenvalue weighted by Gasteiger charge is -2.60. The second-order valence-corrected chi connectivity index (χ2v) is 13.0. The largest absolute Gasteiger partial charge is 0.393 e. The van der Waals surface area contributed by atoms with E-state index < -0.39 is 17.1 Å². The summed E-state index contributed by atoms with van der Waals surface area (Å²) in [6, 6.07) is 0. The molecular weight excluding hydrogens is 396 g/mol. The van der Waals surface area contributed by atoms with Crippen molar-refractivity contribution < 1.29 is 15.0 Å². The van der Waals surface area contributed by atoms with Gasteiger partial charge < -0.3 is 10.2 Å². The van der Waals surface area contributed by atoms with Crippen LogP contribution in [0.25, 0.3) is 0 Å². The van der Waals surface area contributed by atoms with Crippen LogP contribution in [0.1, 0.15) is 106 Å². The van der Waals surface area contributed by atoms with Gasteiger partial charge in [0.2, 0.25) is 0 Å².